The summed E-state index contributed by atoms with van der Waals surface area (Å²) in [6.07, 6.45) is 94.2. The van der Waals surface area contributed by atoms with Crippen molar-refractivity contribution in [2.24, 2.45) is 0 Å². The lowest BCUT2D eigenvalue weighted by atomic mass is 10.0. The Morgan fingerprint density at radius 2 is 0.625 bits per heavy atom. The van der Waals surface area contributed by atoms with Crippen molar-refractivity contribution in [1.82, 2.24) is 5.32 Å². The monoisotopic (exact) mass is 998 g/mol. The SMILES string of the molecule is CC/C=C\C/C=C\C/C=C\C/C=C\C/C=C\C/C=C\CCCCCCCCCCCCCCCCC(=O)NC(CO)C(O)/C=C/CC/C=C/CC/C=C/CCCCCCCCCCCCCCCCCCC. The first-order chi connectivity index (χ1) is 35.7. The maximum Gasteiger partial charge on any atom is 0.220 e. The molecule has 0 heterocycles. The summed E-state index contributed by atoms with van der Waals surface area (Å²) in [6.45, 7) is 4.20. The summed E-state index contributed by atoms with van der Waals surface area (Å²) in [6, 6.07) is -0.654. The fourth-order valence-electron chi connectivity index (χ4n) is 9.04. The molecule has 4 heteroatoms. The smallest absolute Gasteiger partial charge is 0.220 e. The Morgan fingerprint density at radius 1 is 0.347 bits per heavy atom. The lowest BCUT2D eigenvalue weighted by molar-refractivity contribution is -0.123. The van der Waals surface area contributed by atoms with Gasteiger partial charge in [0.25, 0.3) is 0 Å². The molecule has 1 amide bonds. The van der Waals surface area contributed by atoms with Crippen LogP contribution in [0.2, 0.25) is 0 Å². The molecule has 0 spiro atoms. The van der Waals surface area contributed by atoms with E-state index in [-0.39, 0.29) is 12.5 Å². The van der Waals surface area contributed by atoms with Gasteiger partial charge in [0, 0.05) is 6.42 Å². The number of hydrogen-bond acceptors (Lipinski definition) is 3. The molecule has 0 radical (unpaired) electrons. The van der Waals surface area contributed by atoms with E-state index in [4.69, 9.17) is 0 Å². The number of amides is 1. The minimum absolute atomic E-state index is 0.0800. The fraction of sp³-hybridized carbons (Fsp3) is 0.721. The molecule has 72 heavy (non-hydrogen) atoms. The number of carbonyl (C=O) groups is 1. The van der Waals surface area contributed by atoms with Gasteiger partial charge < -0.3 is 15.5 Å². The average molecular weight is 999 g/mol. The molecule has 414 valence electrons. The van der Waals surface area contributed by atoms with Gasteiger partial charge in [0.15, 0.2) is 0 Å². The van der Waals surface area contributed by atoms with Crippen LogP contribution in [0.5, 0.6) is 0 Å². The van der Waals surface area contributed by atoms with E-state index in [1.165, 1.54) is 199 Å². The molecular weight excluding hydrogens is 879 g/mol. The summed E-state index contributed by atoms with van der Waals surface area (Å²) in [5.41, 5.74) is 0. The first kappa shape index (κ1) is 69.0. The van der Waals surface area contributed by atoms with Crippen LogP contribution in [0, 0.1) is 0 Å². The number of aliphatic hydroxyl groups is 2. The van der Waals surface area contributed by atoms with E-state index in [0.717, 1.165) is 77.0 Å². The minimum atomic E-state index is -0.878. The van der Waals surface area contributed by atoms with Crippen molar-refractivity contribution >= 4 is 5.91 Å². The summed E-state index contributed by atoms with van der Waals surface area (Å²) >= 11 is 0. The van der Waals surface area contributed by atoms with Crippen LogP contribution in [-0.2, 0) is 4.79 Å². The van der Waals surface area contributed by atoms with Crippen LogP contribution in [0.4, 0.5) is 0 Å². The summed E-state index contributed by atoms with van der Waals surface area (Å²) in [4.78, 5) is 12.5. The van der Waals surface area contributed by atoms with E-state index >= 15 is 0 Å². The largest absolute Gasteiger partial charge is 0.394 e. The van der Waals surface area contributed by atoms with Gasteiger partial charge in [0.2, 0.25) is 5.91 Å². The maximum atomic E-state index is 12.5. The molecule has 0 aliphatic rings. The van der Waals surface area contributed by atoms with Crippen LogP contribution in [0.25, 0.3) is 0 Å². The third-order valence-electron chi connectivity index (χ3n) is 13.7. The molecule has 0 fully saturated rings. The van der Waals surface area contributed by atoms with Crippen LogP contribution in [0.15, 0.2) is 109 Å². The zero-order chi connectivity index (χ0) is 52.0. The van der Waals surface area contributed by atoms with Crippen LogP contribution >= 0.6 is 0 Å². The maximum absolute atomic E-state index is 12.5. The van der Waals surface area contributed by atoms with Gasteiger partial charge in [0.05, 0.1) is 18.8 Å². The molecule has 0 aromatic carbocycles. The van der Waals surface area contributed by atoms with E-state index in [1.54, 1.807) is 6.08 Å². The van der Waals surface area contributed by atoms with Gasteiger partial charge in [-0.1, -0.05) is 303 Å². The number of rotatable bonds is 56. The Labute approximate surface area is 448 Å². The standard InChI is InChI=1S/C68H119NO3/c1-3-5-7-9-11-13-15-17-19-21-23-25-27-29-31-32-33-34-35-36-38-40-42-44-46-48-50-52-54-56-58-60-62-64-68(72)69-66(65-70)67(71)63-61-59-57-55-53-51-49-47-45-43-41-39-37-30-28-26-24-22-20-18-16-14-12-10-8-6-4-2/h5,7,11,13,17,19,23,25,29,31,33-34,45,47,53,55,61,63,66-67,70-71H,3-4,6,8-10,12,14-16,18,20-22,24,26-28,30,32,35-44,46,48-52,54,56-60,62,64-65H2,1-2H3,(H,69,72)/b7-5-,13-11-,19-17-,25-23-,31-29-,34-33-,47-45+,55-53+,63-61+. The van der Waals surface area contributed by atoms with E-state index < -0.39 is 12.1 Å². The molecule has 0 rings (SSSR count). The van der Waals surface area contributed by atoms with Gasteiger partial charge in [-0.05, 0) is 96.3 Å². The number of nitrogens with one attached hydrogen (secondary N) is 1. The summed E-state index contributed by atoms with van der Waals surface area (Å²) in [7, 11) is 0. The summed E-state index contributed by atoms with van der Waals surface area (Å²) in [5.74, 6) is -0.0800. The normalized spacial score (nSPS) is 13.6. The topological polar surface area (TPSA) is 69.6 Å². The highest BCUT2D eigenvalue weighted by Gasteiger charge is 2.18. The second-order valence-corrected chi connectivity index (χ2v) is 20.7. The van der Waals surface area contributed by atoms with Crippen molar-refractivity contribution in [2.45, 2.75) is 309 Å². The Bertz CT molecular complexity index is 1360. The quantitative estimate of drug-likeness (QED) is 0.0420. The van der Waals surface area contributed by atoms with E-state index in [2.05, 4.69) is 116 Å². The molecule has 0 aliphatic heterocycles. The molecule has 0 saturated carbocycles. The number of aliphatic hydroxyl groups excluding tert-OH is 2. The number of carbonyl (C=O) groups excluding carboxylic acids is 1. The van der Waals surface area contributed by atoms with Crippen molar-refractivity contribution in [3.63, 3.8) is 0 Å². The molecule has 2 unspecified atom stereocenters. The molecule has 4 nitrogen and oxygen atoms in total. The van der Waals surface area contributed by atoms with Crippen molar-refractivity contribution in [3.8, 4) is 0 Å². The summed E-state index contributed by atoms with van der Waals surface area (Å²) in [5, 5.41) is 23.2. The lowest BCUT2D eigenvalue weighted by Crippen LogP contribution is -2.45. The summed E-state index contributed by atoms with van der Waals surface area (Å²) < 4.78 is 0. The molecule has 2 atom stereocenters. The van der Waals surface area contributed by atoms with Crippen LogP contribution in [-0.4, -0.2) is 34.9 Å². The van der Waals surface area contributed by atoms with Crippen molar-refractivity contribution < 1.29 is 15.0 Å². The van der Waals surface area contributed by atoms with Gasteiger partial charge >= 0.3 is 0 Å². The highest BCUT2D eigenvalue weighted by Crippen LogP contribution is 2.16. The minimum Gasteiger partial charge on any atom is -0.394 e. The Kier molecular flexibility index (Phi) is 59.8. The number of unbranched alkanes of at least 4 members (excludes halogenated alkanes) is 33. The Morgan fingerprint density at radius 3 is 0.972 bits per heavy atom. The average Bonchev–Trinajstić information content (AvgIpc) is 3.39. The second-order valence-electron chi connectivity index (χ2n) is 20.7. The van der Waals surface area contributed by atoms with Gasteiger partial charge in [0.1, 0.15) is 0 Å². The van der Waals surface area contributed by atoms with Gasteiger partial charge in [-0.15, -0.1) is 0 Å². The molecule has 3 N–H and O–H groups in total. The fourth-order valence-corrected chi connectivity index (χ4v) is 9.04. The first-order valence-electron chi connectivity index (χ1n) is 31.1. The molecule has 0 aliphatic carbocycles. The van der Waals surface area contributed by atoms with E-state index in [9.17, 15) is 15.0 Å². The highest BCUT2D eigenvalue weighted by molar-refractivity contribution is 5.76. The zero-order valence-corrected chi connectivity index (χ0v) is 47.7. The van der Waals surface area contributed by atoms with Crippen molar-refractivity contribution in [3.05, 3.63) is 109 Å². The van der Waals surface area contributed by atoms with Gasteiger partial charge in [-0.3, -0.25) is 4.79 Å². The number of hydrogen-bond donors (Lipinski definition) is 3. The molecule has 0 aromatic heterocycles. The number of allylic oxidation sites excluding steroid dienone is 17. The van der Waals surface area contributed by atoms with Crippen molar-refractivity contribution in [1.29, 1.82) is 0 Å². The molecular formula is C68H119NO3. The predicted octanol–water partition coefficient (Wildman–Crippen LogP) is 21.0. The van der Waals surface area contributed by atoms with Crippen molar-refractivity contribution in [2.75, 3.05) is 6.61 Å². The predicted molar refractivity (Wildman–Crippen MR) is 322 cm³/mol. The van der Waals surface area contributed by atoms with E-state index in [0.29, 0.717) is 6.42 Å². The van der Waals surface area contributed by atoms with Crippen LogP contribution in [0.1, 0.15) is 296 Å². The molecule has 0 bridgehead atoms. The van der Waals surface area contributed by atoms with Gasteiger partial charge in [-0.2, -0.15) is 0 Å². The third-order valence-corrected chi connectivity index (χ3v) is 13.7. The van der Waals surface area contributed by atoms with E-state index in [1.807, 2.05) is 6.08 Å². The first-order valence-corrected chi connectivity index (χ1v) is 31.1. The molecule has 0 saturated heterocycles. The third kappa shape index (κ3) is 57.9. The zero-order valence-electron chi connectivity index (χ0n) is 47.7. The highest BCUT2D eigenvalue weighted by atomic mass is 16.3. The van der Waals surface area contributed by atoms with Gasteiger partial charge in [-0.25, -0.2) is 0 Å². The Hall–Kier alpha value is -2.95. The van der Waals surface area contributed by atoms with Crippen LogP contribution in [0.3, 0.4) is 0 Å². The Balaban J connectivity index is 3.57. The molecule has 0 aromatic rings. The lowest BCUT2D eigenvalue weighted by Gasteiger charge is -2.19. The second kappa shape index (κ2) is 62.3. The van der Waals surface area contributed by atoms with Crippen LogP contribution < -0.4 is 5.32 Å².